The average molecular weight is 342 g/mol. The fraction of sp³-hybridized carbons (Fsp3) is 0.429. The minimum Gasteiger partial charge on any atom is -0.482 e. The molecule has 1 aromatic rings. The lowest BCUT2D eigenvalue weighted by Gasteiger charge is -2.23. The second kappa shape index (κ2) is 7.40. The second-order valence-electron chi connectivity index (χ2n) is 4.52. The van der Waals surface area contributed by atoms with Crippen LogP contribution < -0.4 is 10.1 Å². The summed E-state index contributed by atoms with van der Waals surface area (Å²) in [4.78, 5) is 22.7. The van der Waals surface area contributed by atoms with Crippen LogP contribution in [-0.2, 0) is 9.53 Å². The number of carbonyl (C=O) groups excluding carboxylic acids is 2. The van der Waals surface area contributed by atoms with Crippen LogP contribution in [0.3, 0.4) is 0 Å². The molecule has 1 amide bonds. The topological polar surface area (TPSA) is 64.6 Å². The first-order valence-corrected chi connectivity index (χ1v) is 7.23. The third-order valence-electron chi connectivity index (χ3n) is 3.06. The lowest BCUT2D eigenvalue weighted by Crippen LogP contribution is -2.41. The average Bonchev–Trinajstić information content (AvgIpc) is 2.46. The Morgan fingerprint density at radius 3 is 2.90 bits per heavy atom. The number of aldehydes is 1. The third kappa shape index (κ3) is 4.05. The molecule has 1 saturated heterocycles. The van der Waals surface area contributed by atoms with Crippen molar-refractivity contribution in [2.24, 2.45) is 0 Å². The van der Waals surface area contributed by atoms with Crippen molar-refractivity contribution in [3.63, 3.8) is 0 Å². The molecule has 6 heteroatoms. The van der Waals surface area contributed by atoms with Crippen molar-refractivity contribution in [3.05, 3.63) is 28.2 Å². The Balaban J connectivity index is 1.88. The maximum absolute atomic E-state index is 11.8. The molecule has 1 aromatic carbocycles. The number of hydrogen-bond donors (Lipinski definition) is 1. The van der Waals surface area contributed by atoms with Gasteiger partial charge in [-0.25, -0.2) is 0 Å². The highest BCUT2D eigenvalue weighted by Gasteiger charge is 2.17. The number of rotatable bonds is 5. The number of hydrogen-bond acceptors (Lipinski definition) is 4. The lowest BCUT2D eigenvalue weighted by atomic mass is 10.1. The Labute approximate surface area is 125 Å². The molecule has 1 fully saturated rings. The van der Waals surface area contributed by atoms with E-state index in [2.05, 4.69) is 21.2 Å². The Morgan fingerprint density at radius 1 is 1.45 bits per heavy atom. The highest BCUT2D eigenvalue weighted by molar-refractivity contribution is 9.10. The molecule has 0 radical (unpaired) electrons. The fourth-order valence-electron chi connectivity index (χ4n) is 2.02. The van der Waals surface area contributed by atoms with Gasteiger partial charge in [0.2, 0.25) is 0 Å². The van der Waals surface area contributed by atoms with Gasteiger partial charge in [0.1, 0.15) is 5.75 Å². The van der Waals surface area contributed by atoms with Crippen LogP contribution in [0.1, 0.15) is 23.2 Å². The van der Waals surface area contributed by atoms with Crippen LogP contribution in [0.2, 0.25) is 0 Å². The van der Waals surface area contributed by atoms with Crippen LogP contribution in [0.25, 0.3) is 0 Å². The van der Waals surface area contributed by atoms with Gasteiger partial charge in [0.15, 0.2) is 12.9 Å². The summed E-state index contributed by atoms with van der Waals surface area (Å²) in [6.07, 6.45) is 2.34. The summed E-state index contributed by atoms with van der Waals surface area (Å²) in [5.41, 5.74) is 0.415. The Hall–Kier alpha value is -1.40. The minimum atomic E-state index is -0.190. The summed E-state index contributed by atoms with van der Waals surface area (Å²) < 4.78 is 11.3. The van der Waals surface area contributed by atoms with E-state index in [1.165, 1.54) is 0 Å². The van der Waals surface area contributed by atoms with Gasteiger partial charge in [-0.3, -0.25) is 9.59 Å². The quantitative estimate of drug-likeness (QED) is 0.831. The molecule has 2 rings (SSSR count). The molecule has 1 aliphatic heterocycles. The predicted octanol–water partition coefficient (Wildman–Crippen LogP) is 1.94. The molecule has 108 valence electrons. The second-order valence-corrected chi connectivity index (χ2v) is 5.37. The van der Waals surface area contributed by atoms with Crippen molar-refractivity contribution in [3.8, 4) is 5.75 Å². The summed E-state index contributed by atoms with van der Waals surface area (Å²) >= 11 is 3.30. The molecule has 0 aromatic heterocycles. The van der Waals surface area contributed by atoms with Gasteiger partial charge in [-0.1, -0.05) is 6.07 Å². The van der Waals surface area contributed by atoms with Gasteiger partial charge in [0, 0.05) is 19.3 Å². The van der Waals surface area contributed by atoms with E-state index >= 15 is 0 Å². The van der Waals surface area contributed by atoms with Crippen molar-refractivity contribution in [1.29, 1.82) is 0 Å². The van der Waals surface area contributed by atoms with Crippen LogP contribution in [0.4, 0.5) is 0 Å². The van der Waals surface area contributed by atoms with Gasteiger partial charge in [-0.2, -0.15) is 0 Å². The molecule has 20 heavy (non-hydrogen) atoms. The number of halogens is 1. The van der Waals surface area contributed by atoms with E-state index in [4.69, 9.17) is 9.47 Å². The number of carbonyl (C=O) groups is 2. The molecule has 0 spiro atoms. The first kappa shape index (κ1) is 15.0. The monoisotopic (exact) mass is 341 g/mol. The molecule has 0 bridgehead atoms. The standard InChI is InChI=1S/C14H16BrNO4/c15-12-3-1-2-10(8-17)14(12)20-9-13(18)16-11-4-6-19-7-5-11/h1-3,8,11H,4-7,9H2,(H,16,18). The molecule has 1 N–H and O–H groups in total. The van der Waals surface area contributed by atoms with Crippen LogP contribution in [0, 0.1) is 0 Å². The van der Waals surface area contributed by atoms with Crippen molar-refractivity contribution in [2.45, 2.75) is 18.9 Å². The highest BCUT2D eigenvalue weighted by Crippen LogP contribution is 2.27. The van der Waals surface area contributed by atoms with Gasteiger partial charge in [-0.15, -0.1) is 0 Å². The highest BCUT2D eigenvalue weighted by atomic mass is 79.9. The molecular weight excluding hydrogens is 326 g/mol. The summed E-state index contributed by atoms with van der Waals surface area (Å²) in [6, 6.07) is 5.29. The van der Waals surface area contributed by atoms with E-state index in [1.807, 2.05) is 0 Å². The predicted molar refractivity (Wildman–Crippen MR) is 77.0 cm³/mol. The van der Waals surface area contributed by atoms with Gasteiger partial charge in [-0.05, 0) is 40.9 Å². The van der Waals surface area contributed by atoms with E-state index in [0.717, 1.165) is 12.8 Å². The summed E-state index contributed by atoms with van der Waals surface area (Å²) in [5, 5.41) is 2.90. The third-order valence-corrected chi connectivity index (χ3v) is 3.68. The molecule has 0 atom stereocenters. The van der Waals surface area contributed by atoms with E-state index in [0.29, 0.717) is 35.3 Å². The minimum absolute atomic E-state index is 0.110. The number of nitrogens with one attached hydrogen (secondary N) is 1. The maximum atomic E-state index is 11.8. The fourth-order valence-corrected chi connectivity index (χ4v) is 2.52. The Bertz CT molecular complexity index is 486. The van der Waals surface area contributed by atoms with Crippen LogP contribution in [0.5, 0.6) is 5.75 Å². The molecule has 0 saturated carbocycles. The molecule has 1 aliphatic rings. The molecular formula is C14H16BrNO4. The smallest absolute Gasteiger partial charge is 0.258 e. The Morgan fingerprint density at radius 2 is 2.20 bits per heavy atom. The first-order chi connectivity index (χ1) is 9.70. The molecule has 5 nitrogen and oxygen atoms in total. The largest absolute Gasteiger partial charge is 0.482 e. The summed E-state index contributed by atoms with van der Waals surface area (Å²) in [7, 11) is 0. The van der Waals surface area contributed by atoms with Crippen molar-refractivity contribution in [1.82, 2.24) is 5.32 Å². The van der Waals surface area contributed by atoms with E-state index in [9.17, 15) is 9.59 Å². The SMILES string of the molecule is O=Cc1cccc(Br)c1OCC(=O)NC1CCOCC1. The number of benzene rings is 1. The number of para-hydroxylation sites is 1. The van der Waals surface area contributed by atoms with Gasteiger partial charge in [0.25, 0.3) is 5.91 Å². The van der Waals surface area contributed by atoms with Gasteiger partial charge in [0.05, 0.1) is 10.0 Å². The first-order valence-electron chi connectivity index (χ1n) is 6.44. The van der Waals surface area contributed by atoms with Crippen molar-refractivity contribution < 1.29 is 19.1 Å². The van der Waals surface area contributed by atoms with E-state index in [1.54, 1.807) is 18.2 Å². The maximum Gasteiger partial charge on any atom is 0.258 e. The van der Waals surface area contributed by atoms with Gasteiger partial charge >= 0.3 is 0 Å². The van der Waals surface area contributed by atoms with Gasteiger partial charge < -0.3 is 14.8 Å². The zero-order chi connectivity index (χ0) is 14.4. The zero-order valence-electron chi connectivity index (χ0n) is 10.9. The number of amides is 1. The van der Waals surface area contributed by atoms with Crippen LogP contribution >= 0.6 is 15.9 Å². The molecule has 1 heterocycles. The molecule has 0 unspecified atom stereocenters. The summed E-state index contributed by atoms with van der Waals surface area (Å²) in [6.45, 7) is 1.23. The lowest BCUT2D eigenvalue weighted by molar-refractivity contribution is -0.124. The van der Waals surface area contributed by atoms with E-state index < -0.39 is 0 Å². The van der Waals surface area contributed by atoms with Crippen molar-refractivity contribution in [2.75, 3.05) is 19.8 Å². The van der Waals surface area contributed by atoms with Crippen LogP contribution in [-0.4, -0.2) is 38.1 Å². The van der Waals surface area contributed by atoms with Crippen LogP contribution in [0.15, 0.2) is 22.7 Å². The van der Waals surface area contributed by atoms with Crippen molar-refractivity contribution >= 4 is 28.1 Å². The Kier molecular flexibility index (Phi) is 5.55. The molecule has 0 aliphatic carbocycles. The zero-order valence-corrected chi connectivity index (χ0v) is 12.5. The normalized spacial score (nSPS) is 15.7. The summed E-state index contributed by atoms with van der Waals surface area (Å²) in [5.74, 6) is 0.203. The number of ether oxygens (including phenoxy) is 2. The van der Waals surface area contributed by atoms with E-state index in [-0.39, 0.29) is 18.6 Å².